The standard InChI is InChI=1S/C4H9NO2S/c1-8(7)5-2-4(6)3-5/h4,6H,2-3H2,1H3. The molecule has 1 N–H and O–H groups in total. The van der Waals surface area contributed by atoms with Crippen molar-refractivity contribution in [3.05, 3.63) is 0 Å². The van der Waals surface area contributed by atoms with Gasteiger partial charge < -0.3 is 5.11 Å². The van der Waals surface area contributed by atoms with Crippen LogP contribution in [0.3, 0.4) is 0 Å². The third-order valence-electron chi connectivity index (χ3n) is 1.19. The van der Waals surface area contributed by atoms with Crippen LogP contribution >= 0.6 is 0 Å². The van der Waals surface area contributed by atoms with Crippen molar-refractivity contribution in [2.45, 2.75) is 6.10 Å². The molecule has 0 amide bonds. The fourth-order valence-electron chi connectivity index (χ4n) is 0.627. The van der Waals surface area contributed by atoms with Crippen molar-refractivity contribution in [1.82, 2.24) is 4.31 Å². The average Bonchev–Trinajstić information content (AvgIpc) is 1.57. The lowest BCUT2D eigenvalue weighted by molar-refractivity contribution is 0.0586. The lowest BCUT2D eigenvalue weighted by atomic mass is 10.2. The van der Waals surface area contributed by atoms with Crippen molar-refractivity contribution in [2.75, 3.05) is 19.3 Å². The number of β-amino-alcohol motifs (C(OH)–C–C–N with tert-alkyl or cyclic N) is 1. The second-order valence-corrected chi connectivity index (χ2v) is 3.29. The molecule has 1 saturated heterocycles. The zero-order valence-electron chi connectivity index (χ0n) is 4.70. The minimum atomic E-state index is -0.871. The maximum atomic E-state index is 10.5. The summed E-state index contributed by atoms with van der Waals surface area (Å²) in [5.74, 6) is 0. The summed E-state index contributed by atoms with van der Waals surface area (Å²) in [5.41, 5.74) is 0. The SMILES string of the molecule is CS(=O)N1CC(O)C1. The Balaban J connectivity index is 2.25. The fourth-order valence-corrected chi connectivity index (χ4v) is 1.39. The molecular weight excluding hydrogens is 126 g/mol. The van der Waals surface area contributed by atoms with Gasteiger partial charge in [-0.1, -0.05) is 0 Å². The van der Waals surface area contributed by atoms with Gasteiger partial charge in [-0.05, 0) is 0 Å². The number of hydrogen-bond acceptors (Lipinski definition) is 2. The summed E-state index contributed by atoms with van der Waals surface area (Å²) in [7, 11) is -0.871. The Kier molecular flexibility index (Phi) is 1.65. The number of nitrogens with zero attached hydrogens (tertiary/aromatic N) is 1. The molecule has 1 aliphatic heterocycles. The minimum Gasteiger partial charge on any atom is -0.390 e. The number of hydrogen-bond donors (Lipinski definition) is 1. The van der Waals surface area contributed by atoms with Gasteiger partial charge in [0.25, 0.3) is 0 Å². The molecule has 1 rings (SSSR count). The molecule has 0 bridgehead atoms. The van der Waals surface area contributed by atoms with Gasteiger partial charge in [0.15, 0.2) is 0 Å². The smallest absolute Gasteiger partial charge is 0.0912 e. The van der Waals surface area contributed by atoms with Crippen molar-refractivity contribution in [3.8, 4) is 0 Å². The number of aliphatic hydroxyl groups excluding tert-OH is 1. The van der Waals surface area contributed by atoms with Crippen molar-refractivity contribution in [3.63, 3.8) is 0 Å². The first-order chi connectivity index (χ1) is 3.70. The molecule has 1 aliphatic rings. The quantitative estimate of drug-likeness (QED) is 0.498. The second kappa shape index (κ2) is 2.13. The molecule has 3 nitrogen and oxygen atoms in total. The topological polar surface area (TPSA) is 40.5 Å². The van der Waals surface area contributed by atoms with E-state index < -0.39 is 11.0 Å². The summed E-state index contributed by atoms with van der Waals surface area (Å²) in [5, 5.41) is 8.69. The van der Waals surface area contributed by atoms with E-state index in [4.69, 9.17) is 5.11 Å². The highest BCUT2D eigenvalue weighted by molar-refractivity contribution is 7.81. The van der Waals surface area contributed by atoms with E-state index >= 15 is 0 Å². The molecule has 1 fully saturated rings. The zero-order valence-corrected chi connectivity index (χ0v) is 5.52. The molecule has 0 aromatic carbocycles. The Labute approximate surface area is 50.9 Å². The molecule has 0 aromatic heterocycles. The van der Waals surface area contributed by atoms with Gasteiger partial charge in [-0.2, -0.15) is 0 Å². The van der Waals surface area contributed by atoms with Crippen molar-refractivity contribution in [2.24, 2.45) is 0 Å². The van der Waals surface area contributed by atoms with Crippen molar-refractivity contribution >= 4 is 11.0 Å². The van der Waals surface area contributed by atoms with Gasteiger partial charge in [-0.25, -0.2) is 8.51 Å². The van der Waals surface area contributed by atoms with Gasteiger partial charge in [-0.3, -0.25) is 0 Å². The predicted molar refractivity (Wildman–Crippen MR) is 31.6 cm³/mol. The van der Waals surface area contributed by atoms with Crippen LogP contribution in [0.5, 0.6) is 0 Å². The van der Waals surface area contributed by atoms with Gasteiger partial charge >= 0.3 is 0 Å². The molecule has 4 heteroatoms. The zero-order chi connectivity index (χ0) is 6.15. The van der Waals surface area contributed by atoms with Crippen LogP contribution in [-0.4, -0.2) is 39.1 Å². The maximum absolute atomic E-state index is 10.5. The van der Waals surface area contributed by atoms with Gasteiger partial charge in [0.2, 0.25) is 0 Å². The molecule has 0 spiro atoms. The van der Waals surface area contributed by atoms with Gasteiger partial charge in [0.05, 0.1) is 17.1 Å². The summed E-state index contributed by atoms with van der Waals surface area (Å²) >= 11 is 0. The molecule has 0 radical (unpaired) electrons. The number of aliphatic hydroxyl groups is 1. The van der Waals surface area contributed by atoms with E-state index in [2.05, 4.69) is 0 Å². The summed E-state index contributed by atoms with van der Waals surface area (Å²) in [6.45, 7) is 1.15. The largest absolute Gasteiger partial charge is 0.390 e. The van der Waals surface area contributed by atoms with Crippen LogP contribution in [0, 0.1) is 0 Å². The summed E-state index contributed by atoms with van der Waals surface area (Å²) < 4.78 is 12.2. The van der Waals surface area contributed by atoms with E-state index in [1.165, 1.54) is 0 Å². The molecule has 1 atom stereocenters. The molecular formula is C4H9NO2S. The molecule has 48 valence electrons. The lowest BCUT2D eigenvalue weighted by Gasteiger charge is -2.32. The third-order valence-corrected chi connectivity index (χ3v) is 2.22. The summed E-state index contributed by atoms with van der Waals surface area (Å²) in [4.78, 5) is 0. The Morgan fingerprint density at radius 1 is 1.75 bits per heavy atom. The van der Waals surface area contributed by atoms with Crippen LogP contribution < -0.4 is 0 Å². The Morgan fingerprint density at radius 3 is 2.38 bits per heavy atom. The van der Waals surface area contributed by atoms with E-state index in [0.29, 0.717) is 13.1 Å². The molecule has 1 unspecified atom stereocenters. The van der Waals surface area contributed by atoms with Crippen LogP contribution in [0.4, 0.5) is 0 Å². The molecule has 0 aromatic rings. The second-order valence-electron chi connectivity index (χ2n) is 1.92. The van der Waals surface area contributed by atoms with Crippen molar-refractivity contribution < 1.29 is 9.32 Å². The average molecular weight is 135 g/mol. The monoisotopic (exact) mass is 135 g/mol. The Morgan fingerprint density at radius 2 is 2.25 bits per heavy atom. The van der Waals surface area contributed by atoms with E-state index in [9.17, 15) is 4.21 Å². The first kappa shape index (κ1) is 6.19. The fraction of sp³-hybridized carbons (Fsp3) is 1.00. The van der Waals surface area contributed by atoms with Gasteiger partial charge in [0, 0.05) is 19.3 Å². The van der Waals surface area contributed by atoms with Crippen LogP contribution in [0.15, 0.2) is 0 Å². The van der Waals surface area contributed by atoms with Crippen LogP contribution in [0.1, 0.15) is 0 Å². The van der Waals surface area contributed by atoms with E-state index in [0.717, 1.165) is 0 Å². The first-order valence-electron chi connectivity index (χ1n) is 2.46. The Bertz CT molecular complexity index is 111. The van der Waals surface area contributed by atoms with E-state index in [1.807, 2.05) is 0 Å². The van der Waals surface area contributed by atoms with Crippen LogP contribution in [0.25, 0.3) is 0 Å². The van der Waals surface area contributed by atoms with Gasteiger partial charge in [-0.15, -0.1) is 0 Å². The molecule has 0 aliphatic carbocycles. The molecule has 8 heavy (non-hydrogen) atoms. The molecule has 1 heterocycles. The summed E-state index contributed by atoms with van der Waals surface area (Å²) in [6.07, 6.45) is 1.38. The highest BCUT2D eigenvalue weighted by Gasteiger charge is 2.26. The normalized spacial score (nSPS) is 27.2. The predicted octanol–water partition coefficient (Wildman–Crippen LogP) is -1.04. The first-order valence-corrected chi connectivity index (χ1v) is 3.98. The van der Waals surface area contributed by atoms with E-state index in [1.54, 1.807) is 10.6 Å². The summed E-state index contributed by atoms with van der Waals surface area (Å²) in [6, 6.07) is 0. The third kappa shape index (κ3) is 1.07. The van der Waals surface area contributed by atoms with Crippen LogP contribution in [0.2, 0.25) is 0 Å². The Hall–Kier alpha value is 0.0700. The van der Waals surface area contributed by atoms with Crippen LogP contribution in [-0.2, 0) is 11.0 Å². The maximum Gasteiger partial charge on any atom is 0.0912 e. The van der Waals surface area contributed by atoms with Gasteiger partial charge in [0.1, 0.15) is 0 Å². The number of rotatable bonds is 1. The lowest BCUT2D eigenvalue weighted by Crippen LogP contribution is -2.50. The minimum absolute atomic E-state index is 0.237. The van der Waals surface area contributed by atoms with E-state index in [-0.39, 0.29) is 6.10 Å². The highest BCUT2D eigenvalue weighted by Crippen LogP contribution is 2.07. The highest BCUT2D eigenvalue weighted by atomic mass is 32.2. The van der Waals surface area contributed by atoms with Crippen molar-refractivity contribution in [1.29, 1.82) is 0 Å². The molecule has 0 saturated carbocycles.